The third-order valence-electron chi connectivity index (χ3n) is 4.32. The molecule has 1 saturated heterocycles. The van der Waals surface area contributed by atoms with Crippen LogP contribution in [0.25, 0.3) is 0 Å². The van der Waals surface area contributed by atoms with E-state index in [-0.39, 0.29) is 11.6 Å². The first-order valence-electron chi connectivity index (χ1n) is 7.18. The maximum Gasteiger partial charge on any atom is 0.0594 e. The third-order valence-corrected chi connectivity index (χ3v) is 5.16. The van der Waals surface area contributed by atoms with Crippen LogP contribution in [0.1, 0.15) is 19.4 Å². The van der Waals surface area contributed by atoms with E-state index >= 15 is 0 Å². The molecule has 6 heteroatoms. The molecular weight excluding hydrogens is 354 g/mol. The molecule has 1 aliphatic rings. The highest BCUT2D eigenvalue weighted by Crippen LogP contribution is 2.27. The standard InChI is InChI=1S/C15H23BrClN3O/c1-15(2,20-5-7-21-8-6-20)14(19-18)9-11-3-4-12(16)10-13(11)17/h3-4,10,14,19H,5-9,18H2,1-2H3. The van der Waals surface area contributed by atoms with Crippen LogP contribution in [0.4, 0.5) is 0 Å². The first-order valence-corrected chi connectivity index (χ1v) is 8.35. The molecule has 0 radical (unpaired) electrons. The number of nitrogens with one attached hydrogen (secondary N) is 1. The van der Waals surface area contributed by atoms with Gasteiger partial charge in [-0.05, 0) is 38.0 Å². The summed E-state index contributed by atoms with van der Waals surface area (Å²) in [4.78, 5) is 2.42. The van der Waals surface area contributed by atoms with Gasteiger partial charge in [0.05, 0.1) is 13.2 Å². The summed E-state index contributed by atoms with van der Waals surface area (Å²) >= 11 is 9.77. The number of nitrogens with zero attached hydrogens (tertiary/aromatic N) is 1. The van der Waals surface area contributed by atoms with Gasteiger partial charge < -0.3 is 4.74 Å². The molecule has 2 rings (SSSR count). The summed E-state index contributed by atoms with van der Waals surface area (Å²) in [6.07, 6.45) is 0.785. The number of nitrogens with two attached hydrogens (primary N) is 1. The van der Waals surface area contributed by atoms with Crippen molar-refractivity contribution in [2.24, 2.45) is 5.84 Å². The number of hydrogen-bond acceptors (Lipinski definition) is 4. The Kier molecular flexibility index (Phi) is 6.05. The highest BCUT2D eigenvalue weighted by atomic mass is 79.9. The van der Waals surface area contributed by atoms with Gasteiger partial charge >= 0.3 is 0 Å². The summed E-state index contributed by atoms with van der Waals surface area (Å²) in [5, 5.41) is 0.766. The zero-order valence-corrected chi connectivity index (χ0v) is 14.9. The smallest absolute Gasteiger partial charge is 0.0594 e. The van der Waals surface area contributed by atoms with Crippen molar-refractivity contribution in [2.45, 2.75) is 31.8 Å². The van der Waals surface area contributed by atoms with E-state index < -0.39 is 0 Å². The van der Waals surface area contributed by atoms with Crippen LogP contribution in [-0.2, 0) is 11.2 Å². The number of halogens is 2. The van der Waals surface area contributed by atoms with Crippen molar-refractivity contribution >= 4 is 27.5 Å². The second kappa shape index (κ2) is 7.40. The normalized spacial score (nSPS) is 18.7. The van der Waals surface area contributed by atoms with Gasteiger partial charge in [-0.3, -0.25) is 16.2 Å². The Balaban J connectivity index is 2.14. The van der Waals surface area contributed by atoms with E-state index in [4.69, 9.17) is 22.2 Å². The van der Waals surface area contributed by atoms with Gasteiger partial charge in [-0.25, -0.2) is 0 Å². The van der Waals surface area contributed by atoms with E-state index in [1.165, 1.54) is 0 Å². The Morgan fingerprint density at radius 1 is 1.43 bits per heavy atom. The zero-order chi connectivity index (χ0) is 15.5. The Morgan fingerprint density at radius 3 is 2.67 bits per heavy atom. The van der Waals surface area contributed by atoms with E-state index in [1.54, 1.807) is 0 Å². The molecule has 0 amide bonds. The first-order chi connectivity index (χ1) is 9.95. The molecule has 0 bridgehead atoms. The van der Waals surface area contributed by atoms with Crippen molar-refractivity contribution in [3.8, 4) is 0 Å². The Morgan fingerprint density at radius 2 is 2.10 bits per heavy atom. The molecule has 1 aromatic rings. The largest absolute Gasteiger partial charge is 0.379 e. The molecule has 4 nitrogen and oxygen atoms in total. The van der Waals surface area contributed by atoms with Crippen LogP contribution < -0.4 is 11.3 Å². The first kappa shape index (κ1) is 17.2. The lowest BCUT2D eigenvalue weighted by atomic mass is 9.87. The van der Waals surface area contributed by atoms with Crippen molar-refractivity contribution in [3.05, 3.63) is 33.3 Å². The summed E-state index contributed by atoms with van der Waals surface area (Å²) in [6, 6.07) is 6.09. The Bertz CT molecular complexity index is 478. The van der Waals surface area contributed by atoms with Gasteiger partial charge in [0.2, 0.25) is 0 Å². The molecule has 1 aromatic carbocycles. The molecule has 1 heterocycles. The average molecular weight is 377 g/mol. The number of rotatable bonds is 5. The van der Waals surface area contributed by atoms with E-state index in [9.17, 15) is 0 Å². The number of ether oxygens (including phenoxy) is 1. The molecule has 1 fully saturated rings. The highest BCUT2D eigenvalue weighted by molar-refractivity contribution is 9.10. The summed E-state index contributed by atoms with van der Waals surface area (Å²) in [5.74, 6) is 5.83. The molecular formula is C15H23BrClN3O. The number of morpholine rings is 1. The lowest BCUT2D eigenvalue weighted by molar-refractivity contribution is -0.0233. The van der Waals surface area contributed by atoms with Crippen molar-refractivity contribution in [1.29, 1.82) is 0 Å². The topological polar surface area (TPSA) is 50.5 Å². The van der Waals surface area contributed by atoms with Crippen LogP contribution in [0.15, 0.2) is 22.7 Å². The molecule has 118 valence electrons. The van der Waals surface area contributed by atoms with Gasteiger partial charge in [0, 0.05) is 34.2 Å². The molecule has 0 aliphatic carbocycles. The fourth-order valence-electron chi connectivity index (χ4n) is 2.78. The molecule has 21 heavy (non-hydrogen) atoms. The SMILES string of the molecule is CC(C)(C(Cc1ccc(Br)cc1Cl)NN)N1CCOCC1. The highest BCUT2D eigenvalue weighted by Gasteiger charge is 2.36. The van der Waals surface area contributed by atoms with E-state index in [2.05, 4.69) is 40.1 Å². The number of benzene rings is 1. The van der Waals surface area contributed by atoms with Crippen LogP contribution in [0.3, 0.4) is 0 Å². The Hall–Kier alpha value is -0.170. The third kappa shape index (κ3) is 4.18. The molecule has 0 aromatic heterocycles. The predicted octanol–water partition coefficient (Wildman–Crippen LogP) is 2.59. The maximum absolute atomic E-state index is 6.33. The molecule has 3 N–H and O–H groups in total. The van der Waals surface area contributed by atoms with Gasteiger partial charge in [-0.1, -0.05) is 33.6 Å². The summed E-state index contributed by atoms with van der Waals surface area (Å²) in [6.45, 7) is 7.85. The van der Waals surface area contributed by atoms with Crippen molar-refractivity contribution in [2.75, 3.05) is 26.3 Å². The minimum atomic E-state index is -0.0745. The minimum absolute atomic E-state index is 0.0745. The second-order valence-electron chi connectivity index (χ2n) is 5.91. The van der Waals surface area contributed by atoms with E-state index in [0.717, 1.165) is 47.8 Å². The van der Waals surface area contributed by atoms with Gasteiger partial charge in [0.1, 0.15) is 0 Å². The van der Waals surface area contributed by atoms with Crippen LogP contribution >= 0.6 is 27.5 Å². The summed E-state index contributed by atoms with van der Waals surface area (Å²) in [5.41, 5.74) is 4.00. The van der Waals surface area contributed by atoms with Crippen LogP contribution in [0.2, 0.25) is 5.02 Å². The zero-order valence-electron chi connectivity index (χ0n) is 12.5. The van der Waals surface area contributed by atoms with Gasteiger partial charge in [0.15, 0.2) is 0 Å². The molecule has 0 saturated carbocycles. The fourth-order valence-corrected chi connectivity index (χ4v) is 3.53. The van der Waals surface area contributed by atoms with Crippen LogP contribution in [-0.4, -0.2) is 42.8 Å². The average Bonchev–Trinajstić information content (AvgIpc) is 2.47. The van der Waals surface area contributed by atoms with Crippen molar-refractivity contribution in [1.82, 2.24) is 10.3 Å². The Labute approximate surface area is 140 Å². The molecule has 1 unspecified atom stereocenters. The lowest BCUT2D eigenvalue weighted by Crippen LogP contribution is -2.62. The number of hydrazine groups is 1. The number of hydrogen-bond donors (Lipinski definition) is 2. The van der Waals surface area contributed by atoms with E-state index in [0.29, 0.717) is 0 Å². The van der Waals surface area contributed by atoms with E-state index in [1.807, 2.05) is 18.2 Å². The second-order valence-corrected chi connectivity index (χ2v) is 7.24. The van der Waals surface area contributed by atoms with Crippen LogP contribution in [0, 0.1) is 0 Å². The van der Waals surface area contributed by atoms with Gasteiger partial charge in [0.25, 0.3) is 0 Å². The fraction of sp³-hybridized carbons (Fsp3) is 0.600. The quantitative estimate of drug-likeness (QED) is 0.612. The van der Waals surface area contributed by atoms with Gasteiger partial charge in [-0.2, -0.15) is 0 Å². The predicted molar refractivity (Wildman–Crippen MR) is 90.4 cm³/mol. The monoisotopic (exact) mass is 375 g/mol. The van der Waals surface area contributed by atoms with Gasteiger partial charge in [-0.15, -0.1) is 0 Å². The van der Waals surface area contributed by atoms with Crippen molar-refractivity contribution in [3.63, 3.8) is 0 Å². The van der Waals surface area contributed by atoms with Crippen molar-refractivity contribution < 1.29 is 4.74 Å². The van der Waals surface area contributed by atoms with Crippen LogP contribution in [0.5, 0.6) is 0 Å². The molecule has 1 atom stereocenters. The maximum atomic E-state index is 6.33. The summed E-state index contributed by atoms with van der Waals surface area (Å²) in [7, 11) is 0. The molecule has 0 spiro atoms. The summed E-state index contributed by atoms with van der Waals surface area (Å²) < 4.78 is 6.43. The molecule has 1 aliphatic heterocycles. The minimum Gasteiger partial charge on any atom is -0.379 e. The lowest BCUT2D eigenvalue weighted by Gasteiger charge is -2.45.